The molecule has 0 spiro atoms. The number of nitrogen functional groups attached to an aromatic ring is 1. The van der Waals surface area contributed by atoms with E-state index in [0.717, 1.165) is 27.6 Å². The fourth-order valence-electron chi connectivity index (χ4n) is 3.37. The van der Waals surface area contributed by atoms with Crippen LogP contribution in [0.4, 0.5) is 10.2 Å². The number of fused-ring (bicyclic) bond motifs is 1. The first kappa shape index (κ1) is 21.3. The zero-order valence-corrected chi connectivity index (χ0v) is 17.3. The normalized spacial score (nSPS) is 10.9. The summed E-state index contributed by atoms with van der Waals surface area (Å²) < 4.78 is 23.7. The number of quaternary nitrogens is 1. The number of rotatable bonds is 9. The molecule has 5 N–H and O–H groups in total. The van der Waals surface area contributed by atoms with Crippen LogP contribution in [-0.4, -0.2) is 29.3 Å². The molecule has 0 saturated heterocycles. The number of aromatic nitrogens is 2. The number of nitrogens with zero attached hydrogens (tertiary/aromatic N) is 2. The SMILES string of the molecule is Nc1nonc1C(=O)NCC[NH2+]Cc1c(OCc2ccc(F)cc2)ccc2ccccc12. The van der Waals surface area contributed by atoms with Gasteiger partial charge in [0.05, 0.1) is 18.7 Å². The molecule has 0 aliphatic heterocycles. The summed E-state index contributed by atoms with van der Waals surface area (Å²) in [5, 5.41) is 13.9. The van der Waals surface area contributed by atoms with E-state index in [9.17, 15) is 9.18 Å². The van der Waals surface area contributed by atoms with Crippen LogP contribution in [0.2, 0.25) is 0 Å². The lowest BCUT2D eigenvalue weighted by Gasteiger charge is -2.14. The molecule has 0 bridgehead atoms. The molecule has 3 aromatic carbocycles. The summed E-state index contributed by atoms with van der Waals surface area (Å²) in [4.78, 5) is 12.0. The average Bonchev–Trinajstić information content (AvgIpc) is 3.24. The molecular weight excluding hydrogens is 413 g/mol. The number of hydrogen-bond donors (Lipinski definition) is 3. The molecule has 32 heavy (non-hydrogen) atoms. The number of carbonyl (C=O) groups is 1. The number of amides is 1. The molecule has 0 fully saturated rings. The van der Waals surface area contributed by atoms with Gasteiger partial charge in [0.25, 0.3) is 5.91 Å². The monoisotopic (exact) mass is 436 g/mol. The van der Waals surface area contributed by atoms with E-state index in [0.29, 0.717) is 26.2 Å². The van der Waals surface area contributed by atoms with Crippen molar-refractivity contribution in [1.29, 1.82) is 0 Å². The van der Waals surface area contributed by atoms with Crippen molar-refractivity contribution in [3.05, 3.63) is 83.3 Å². The smallest absolute Gasteiger partial charge is 0.277 e. The fourth-order valence-corrected chi connectivity index (χ4v) is 3.37. The van der Waals surface area contributed by atoms with Crippen LogP contribution in [0.3, 0.4) is 0 Å². The number of benzene rings is 3. The number of nitrogens with two attached hydrogens (primary N) is 2. The van der Waals surface area contributed by atoms with Crippen molar-refractivity contribution in [2.24, 2.45) is 0 Å². The van der Waals surface area contributed by atoms with Gasteiger partial charge in [0.15, 0.2) is 0 Å². The van der Waals surface area contributed by atoms with E-state index in [4.69, 9.17) is 10.5 Å². The van der Waals surface area contributed by atoms with Gasteiger partial charge in [0.2, 0.25) is 11.5 Å². The lowest BCUT2D eigenvalue weighted by molar-refractivity contribution is -0.668. The number of halogens is 1. The van der Waals surface area contributed by atoms with Gasteiger partial charge < -0.3 is 21.1 Å². The van der Waals surface area contributed by atoms with Crippen molar-refractivity contribution < 1.29 is 23.9 Å². The van der Waals surface area contributed by atoms with Gasteiger partial charge in [-0.1, -0.05) is 42.5 Å². The van der Waals surface area contributed by atoms with E-state index in [-0.39, 0.29) is 17.3 Å². The van der Waals surface area contributed by atoms with Gasteiger partial charge in [-0.3, -0.25) is 4.79 Å². The maximum atomic E-state index is 13.2. The van der Waals surface area contributed by atoms with E-state index in [1.54, 1.807) is 12.1 Å². The topological polar surface area (TPSA) is 120 Å². The molecule has 0 unspecified atom stereocenters. The highest BCUT2D eigenvalue weighted by Crippen LogP contribution is 2.28. The molecule has 0 radical (unpaired) electrons. The van der Waals surface area contributed by atoms with Gasteiger partial charge in [0, 0.05) is 0 Å². The highest BCUT2D eigenvalue weighted by molar-refractivity contribution is 5.95. The molecule has 9 heteroatoms. The number of ether oxygens (including phenoxy) is 1. The summed E-state index contributed by atoms with van der Waals surface area (Å²) >= 11 is 0. The van der Waals surface area contributed by atoms with Crippen molar-refractivity contribution in [2.45, 2.75) is 13.2 Å². The molecule has 1 aromatic heterocycles. The Morgan fingerprint density at radius 3 is 2.69 bits per heavy atom. The summed E-state index contributed by atoms with van der Waals surface area (Å²) in [6, 6.07) is 18.3. The minimum Gasteiger partial charge on any atom is -0.488 e. The molecule has 1 heterocycles. The Labute approximate surface area is 183 Å². The number of hydrogen-bond acceptors (Lipinski definition) is 6. The van der Waals surface area contributed by atoms with E-state index in [1.807, 2.05) is 24.3 Å². The number of nitrogens with one attached hydrogen (secondary N) is 1. The van der Waals surface area contributed by atoms with E-state index in [2.05, 4.69) is 37.7 Å². The summed E-state index contributed by atoms with van der Waals surface area (Å²) in [6.07, 6.45) is 0. The second-order valence-electron chi connectivity index (χ2n) is 7.21. The van der Waals surface area contributed by atoms with Crippen LogP contribution in [0.15, 0.2) is 65.3 Å². The molecule has 8 nitrogen and oxygen atoms in total. The second-order valence-corrected chi connectivity index (χ2v) is 7.21. The van der Waals surface area contributed by atoms with E-state index < -0.39 is 5.91 Å². The first-order valence-electron chi connectivity index (χ1n) is 10.2. The van der Waals surface area contributed by atoms with Crippen LogP contribution in [0.5, 0.6) is 5.75 Å². The maximum absolute atomic E-state index is 13.2. The van der Waals surface area contributed by atoms with Gasteiger partial charge in [-0.2, -0.15) is 0 Å². The third-order valence-corrected chi connectivity index (χ3v) is 5.02. The molecule has 164 valence electrons. The first-order valence-corrected chi connectivity index (χ1v) is 10.2. The standard InChI is InChI=1S/C23H22FN5O3/c24-17-8-5-15(6-9-17)14-31-20-10-7-16-3-1-2-4-18(16)19(20)13-26-11-12-27-23(30)21-22(25)29-32-28-21/h1-10,26H,11-14H2,(H2,25,29)(H,27,30)/p+1. The highest BCUT2D eigenvalue weighted by atomic mass is 19.1. The molecule has 0 aliphatic carbocycles. The number of carbonyl (C=O) groups excluding carboxylic acids is 1. The van der Waals surface area contributed by atoms with Crippen LogP contribution in [0, 0.1) is 5.82 Å². The van der Waals surface area contributed by atoms with Crippen LogP contribution in [-0.2, 0) is 13.2 Å². The van der Waals surface area contributed by atoms with Gasteiger partial charge in [-0.15, -0.1) is 0 Å². The van der Waals surface area contributed by atoms with Gasteiger partial charge in [-0.25, -0.2) is 9.02 Å². The predicted octanol–water partition coefficient (Wildman–Crippen LogP) is 2.02. The average molecular weight is 436 g/mol. The lowest BCUT2D eigenvalue weighted by Crippen LogP contribution is -2.84. The molecule has 1 amide bonds. The quantitative estimate of drug-likeness (QED) is 0.345. The first-order chi connectivity index (χ1) is 15.6. The molecule has 4 rings (SSSR count). The minimum absolute atomic E-state index is 0.0180. The highest BCUT2D eigenvalue weighted by Gasteiger charge is 2.16. The van der Waals surface area contributed by atoms with Gasteiger partial charge >= 0.3 is 0 Å². The zero-order valence-electron chi connectivity index (χ0n) is 17.3. The zero-order chi connectivity index (χ0) is 22.3. The van der Waals surface area contributed by atoms with Crippen molar-refractivity contribution in [3.8, 4) is 5.75 Å². The molecule has 4 aromatic rings. The molecule has 0 aliphatic rings. The van der Waals surface area contributed by atoms with Crippen LogP contribution in [0.25, 0.3) is 10.8 Å². The Hall–Kier alpha value is -3.98. The molecule has 0 atom stereocenters. The number of anilines is 1. The van der Waals surface area contributed by atoms with Crippen LogP contribution >= 0.6 is 0 Å². The van der Waals surface area contributed by atoms with Crippen LogP contribution < -0.4 is 21.1 Å². The lowest BCUT2D eigenvalue weighted by atomic mass is 10.0. The van der Waals surface area contributed by atoms with E-state index in [1.165, 1.54) is 12.1 Å². The maximum Gasteiger partial charge on any atom is 0.277 e. The third-order valence-electron chi connectivity index (χ3n) is 5.02. The van der Waals surface area contributed by atoms with Crippen molar-refractivity contribution in [3.63, 3.8) is 0 Å². The summed E-state index contributed by atoms with van der Waals surface area (Å²) in [6.45, 7) is 2.05. The Bertz CT molecular complexity index is 1210. The molecular formula is C23H23FN5O3+. The summed E-state index contributed by atoms with van der Waals surface area (Å²) in [7, 11) is 0. The Balaban J connectivity index is 1.39. The Kier molecular flexibility index (Phi) is 6.57. The third kappa shape index (κ3) is 5.01. The van der Waals surface area contributed by atoms with Crippen molar-refractivity contribution in [1.82, 2.24) is 15.6 Å². The van der Waals surface area contributed by atoms with E-state index >= 15 is 0 Å². The summed E-state index contributed by atoms with van der Waals surface area (Å²) in [5.41, 5.74) is 7.45. The minimum atomic E-state index is -0.425. The predicted molar refractivity (Wildman–Crippen MR) is 116 cm³/mol. The fraction of sp³-hybridized carbons (Fsp3) is 0.174. The second kappa shape index (κ2) is 9.88. The van der Waals surface area contributed by atoms with Crippen molar-refractivity contribution in [2.75, 3.05) is 18.8 Å². The summed E-state index contributed by atoms with van der Waals surface area (Å²) in [5.74, 6) is 0.0369. The Morgan fingerprint density at radius 2 is 1.91 bits per heavy atom. The largest absolute Gasteiger partial charge is 0.488 e. The van der Waals surface area contributed by atoms with Gasteiger partial charge in [-0.05, 0) is 44.8 Å². The van der Waals surface area contributed by atoms with Crippen molar-refractivity contribution >= 4 is 22.5 Å². The molecule has 0 saturated carbocycles. The Morgan fingerprint density at radius 1 is 1.09 bits per heavy atom. The van der Waals surface area contributed by atoms with Crippen LogP contribution in [0.1, 0.15) is 21.6 Å². The van der Waals surface area contributed by atoms with Gasteiger partial charge in [0.1, 0.15) is 24.7 Å².